The molecule has 3 nitrogen and oxygen atoms in total. The molecule has 0 saturated carbocycles. The van der Waals surface area contributed by atoms with Crippen LogP contribution in [0.5, 0.6) is 0 Å². The van der Waals surface area contributed by atoms with E-state index in [9.17, 15) is 0 Å². The monoisotopic (exact) mass is 185 g/mol. The SMILES string of the molecule is CC(C)c1nc(N)ncc1CCl. The van der Waals surface area contributed by atoms with Gasteiger partial charge >= 0.3 is 0 Å². The van der Waals surface area contributed by atoms with E-state index in [4.69, 9.17) is 17.3 Å². The molecule has 0 aromatic carbocycles. The third-order valence-electron chi connectivity index (χ3n) is 1.61. The normalized spacial score (nSPS) is 10.7. The molecule has 12 heavy (non-hydrogen) atoms. The van der Waals surface area contributed by atoms with Gasteiger partial charge in [0.05, 0.1) is 11.6 Å². The molecule has 0 bridgehead atoms. The van der Waals surface area contributed by atoms with Crippen molar-refractivity contribution in [3.05, 3.63) is 17.5 Å². The van der Waals surface area contributed by atoms with Gasteiger partial charge in [-0.25, -0.2) is 9.97 Å². The van der Waals surface area contributed by atoms with E-state index in [2.05, 4.69) is 23.8 Å². The molecule has 0 atom stereocenters. The minimum absolute atomic E-state index is 0.313. The summed E-state index contributed by atoms with van der Waals surface area (Å²) in [6, 6.07) is 0. The average molecular weight is 186 g/mol. The number of hydrogen-bond acceptors (Lipinski definition) is 3. The predicted octanol–water partition coefficient (Wildman–Crippen LogP) is 1.92. The van der Waals surface area contributed by atoms with Crippen molar-refractivity contribution in [1.29, 1.82) is 0 Å². The van der Waals surface area contributed by atoms with Crippen LogP contribution < -0.4 is 5.73 Å². The van der Waals surface area contributed by atoms with Gasteiger partial charge in [0.1, 0.15) is 0 Å². The quantitative estimate of drug-likeness (QED) is 0.717. The zero-order valence-corrected chi connectivity index (χ0v) is 7.97. The van der Waals surface area contributed by atoms with Gasteiger partial charge in [0.15, 0.2) is 0 Å². The maximum absolute atomic E-state index is 5.71. The first kappa shape index (κ1) is 9.26. The summed E-state index contributed by atoms with van der Waals surface area (Å²) in [5, 5.41) is 0. The number of rotatable bonds is 2. The van der Waals surface area contributed by atoms with E-state index in [-0.39, 0.29) is 0 Å². The van der Waals surface area contributed by atoms with Gasteiger partial charge in [0.2, 0.25) is 5.95 Å². The van der Waals surface area contributed by atoms with Crippen LogP contribution in [0.2, 0.25) is 0 Å². The molecule has 0 aliphatic rings. The summed E-state index contributed by atoms with van der Waals surface area (Å²) in [4.78, 5) is 8.00. The molecule has 0 aliphatic carbocycles. The van der Waals surface area contributed by atoms with E-state index >= 15 is 0 Å². The van der Waals surface area contributed by atoms with Crippen LogP contribution in [0.25, 0.3) is 0 Å². The minimum atomic E-state index is 0.313. The minimum Gasteiger partial charge on any atom is -0.368 e. The van der Waals surface area contributed by atoms with Crippen molar-refractivity contribution in [3.8, 4) is 0 Å². The molecule has 1 heterocycles. The number of nitrogens with two attached hydrogens (primary N) is 1. The number of nitrogens with zero attached hydrogens (tertiary/aromatic N) is 2. The highest BCUT2D eigenvalue weighted by atomic mass is 35.5. The van der Waals surface area contributed by atoms with Gasteiger partial charge in [0.25, 0.3) is 0 Å². The Bertz CT molecular complexity index is 273. The first-order chi connectivity index (χ1) is 5.65. The van der Waals surface area contributed by atoms with Gasteiger partial charge < -0.3 is 5.73 Å². The zero-order chi connectivity index (χ0) is 9.14. The van der Waals surface area contributed by atoms with E-state index in [1.807, 2.05) is 0 Å². The Kier molecular flexibility index (Phi) is 2.87. The smallest absolute Gasteiger partial charge is 0.220 e. The van der Waals surface area contributed by atoms with Crippen LogP contribution in [-0.2, 0) is 5.88 Å². The highest BCUT2D eigenvalue weighted by Crippen LogP contribution is 2.18. The van der Waals surface area contributed by atoms with Crippen LogP contribution in [0, 0.1) is 0 Å². The van der Waals surface area contributed by atoms with Gasteiger partial charge in [-0.05, 0) is 5.92 Å². The molecule has 0 spiro atoms. The molecule has 1 aromatic heterocycles. The fraction of sp³-hybridized carbons (Fsp3) is 0.500. The summed E-state index contributed by atoms with van der Waals surface area (Å²) >= 11 is 5.71. The van der Waals surface area contributed by atoms with Crippen molar-refractivity contribution in [1.82, 2.24) is 9.97 Å². The summed E-state index contributed by atoms with van der Waals surface area (Å²) in [5.41, 5.74) is 7.36. The Morgan fingerprint density at radius 1 is 1.58 bits per heavy atom. The fourth-order valence-corrected chi connectivity index (χ4v) is 1.24. The lowest BCUT2D eigenvalue weighted by molar-refractivity contribution is 0.803. The third-order valence-corrected chi connectivity index (χ3v) is 1.90. The molecule has 1 rings (SSSR count). The van der Waals surface area contributed by atoms with Crippen LogP contribution in [0.1, 0.15) is 31.0 Å². The van der Waals surface area contributed by atoms with Crippen molar-refractivity contribution in [2.24, 2.45) is 0 Å². The Labute approximate surface area is 77.0 Å². The van der Waals surface area contributed by atoms with E-state index in [1.165, 1.54) is 0 Å². The summed E-state index contributed by atoms with van der Waals surface area (Å²) in [6.45, 7) is 4.11. The second-order valence-electron chi connectivity index (χ2n) is 2.93. The van der Waals surface area contributed by atoms with Crippen molar-refractivity contribution >= 4 is 17.5 Å². The molecular weight excluding hydrogens is 174 g/mol. The van der Waals surface area contributed by atoms with Crippen molar-refractivity contribution in [3.63, 3.8) is 0 Å². The van der Waals surface area contributed by atoms with Crippen molar-refractivity contribution < 1.29 is 0 Å². The number of alkyl halides is 1. The lowest BCUT2D eigenvalue weighted by atomic mass is 10.1. The molecule has 4 heteroatoms. The number of nitrogen functional groups attached to an aromatic ring is 1. The lowest BCUT2D eigenvalue weighted by Gasteiger charge is -2.08. The summed E-state index contributed by atoms with van der Waals surface area (Å²) < 4.78 is 0. The highest BCUT2D eigenvalue weighted by molar-refractivity contribution is 6.17. The second kappa shape index (κ2) is 3.72. The first-order valence-electron chi connectivity index (χ1n) is 3.82. The van der Waals surface area contributed by atoms with Crippen LogP contribution in [-0.4, -0.2) is 9.97 Å². The van der Waals surface area contributed by atoms with Crippen LogP contribution >= 0.6 is 11.6 Å². The zero-order valence-electron chi connectivity index (χ0n) is 7.21. The number of aromatic nitrogens is 2. The van der Waals surface area contributed by atoms with Gasteiger partial charge in [-0.15, -0.1) is 11.6 Å². The second-order valence-corrected chi connectivity index (χ2v) is 3.19. The molecule has 1 aromatic rings. The molecule has 0 radical (unpaired) electrons. The molecule has 0 aliphatic heterocycles. The summed E-state index contributed by atoms with van der Waals surface area (Å²) in [7, 11) is 0. The molecule has 0 saturated heterocycles. The molecule has 66 valence electrons. The van der Waals surface area contributed by atoms with E-state index in [0.717, 1.165) is 11.3 Å². The maximum Gasteiger partial charge on any atom is 0.220 e. The van der Waals surface area contributed by atoms with Crippen molar-refractivity contribution in [2.75, 3.05) is 5.73 Å². The largest absolute Gasteiger partial charge is 0.368 e. The van der Waals surface area contributed by atoms with Crippen LogP contribution in [0.3, 0.4) is 0 Å². The summed E-state index contributed by atoms with van der Waals surface area (Å²) in [6.07, 6.45) is 1.69. The average Bonchev–Trinajstić information content (AvgIpc) is 2.04. The number of halogens is 1. The number of anilines is 1. The Morgan fingerprint density at radius 3 is 2.75 bits per heavy atom. The van der Waals surface area contributed by atoms with E-state index < -0.39 is 0 Å². The topological polar surface area (TPSA) is 51.8 Å². The number of hydrogen-bond donors (Lipinski definition) is 1. The van der Waals surface area contributed by atoms with Gasteiger partial charge in [-0.2, -0.15) is 0 Å². The van der Waals surface area contributed by atoms with Gasteiger partial charge in [-0.3, -0.25) is 0 Å². The molecule has 0 unspecified atom stereocenters. The highest BCUT2D eigenvalue weighted by Gasteiger charge is 2.08. The van der Waals surface area contributed by atoms with E-state index in [0.29, 0.717) is 17.7 Å². The first-order valence-corrected chi connectivity index (χ1v) is 4.36. The fourth-order valence-electron chi connectivity index (χ4n) is 1.04. The van der Waals surface area contributed by atoms with Crippen molar-refractivity contribution in [2.45, 2.75) is 25.6 Å². The standard InChI is InChI=1S/C8H12ClN3/c1-5(2)7-6(3-9)4-11-8(10)12-7/h4-5H,3H2,1-2H3,(H2,10,11,12). The van der Waals surface area contributed by atoms with Gasteiger partial charge in [0, 0.05) is 11.8 Å². The Hall–Kier alpha value is -0.830. The molecule has 0 fully saturated rings. The molecule has 2 N–H and O–H groups in total. The molecular formula is C8H12ClN3. The van der Waals surface area contributed by atoms with Crippen LogP contribution in [0.4, 0.5) is 5.95 Å². The lowest BCUT2D eigenvalue weighted by Crippen LogP contribution is -2.04. The van der Waals surface area contributed by atoms with Crippen LogP contribution in [0.15, 0.2) is 6.20 Å². The summed E-state index contributed by atoms with van der Waals surface area (Å²) in [5.74, 6) is 1.09. The van der Waals surface area contributed by atoms with Gasteiger partial charge in [-0.1, -0.05) is 13.8 Å². The Balaban J connectivity index is 3.12. The maximum atomic E-state index is 5.71. The van der Waals surface area contributed by atoms with E-state index in [1.54, 1.807) is 6.20 Å². The molecule has 0 amide bonds. The Morgan fingerprint density at radius 2 is 2.25 bits per heavy atom. The third kappa shape index (κ3) is 1.85. The predicted molar refractivity (Wildman–Crippen MR) is 50.1 cm³/mol.